The van der Waals surface area contributed by atoms with E-state index in [4.69, 9.17) is 4.98 Å². The summed E-state index contributed by atoms with van der Waals surface area (Å²) in [5.74, 6) is 0.662. The van der Waals surface area contributed by atoms with Gasteiger partial charge in [0.2, 0.25) is 11.9 Å². The minimum atomic E-state index is -0.399. The molecule has 1 aromatic carbocycles. The van der Waals surface area contributed by atoms with E-state index in [0.717, 1.165) is 35.4 Å². The van der Waals surface area contributed by atoms with Gasteiger partial charge in [-0.25, -0.2) is 4.98 Å². The van der Waals surface area contributed by atoms with Crippen molar-refractivity contribution < 1.29 is 14.4 Å². The van der Waals surface area contributed by atoms with E-state index in [1.54, 1.807) is 29.2 Å². The van der Waals surface area contributed by atoms with Crippen LogP contribution >= 0.6 is 0 Å². The fourth-order valence-electron chi connectivity index (χ4n) is 4.74. The molecule has 0 N–H and O–H groups in total. The maximum absolute atomic E-state index is 12.9. The second kappa shape index (κ2) is 8.80. The van der Waals surface area contributed by atoms with Gasteiger partial charge in [0.25, 0.3) is 11.8 Å². The van der Waals surface area contributed by atoms with Gasteiger partial charge in [0.1, 0.15) is 12.4 Å². The summed E-state index contributed by atoms with van der Waals surface area (Å²) in [4.78, 5) is 54.7. The van der Waals surface area contributed by atoms with Gasteiger partial charge < -0.3 is 14.7 Å². The lowest BCUT2D eigenvalue weighted by atomic mass is 10.1. The van der Waals surface area contributed by atoms with Crippen molar-refractivity contribution in [3.05, 3.63) is 47.2 Å². The standard InChI is InChI=1S/C24H28N6O3/c1-17-15-20(26-24(25-17)29-9-5-2-6-10-29)27-11-13-28(14-12-27)21(31)16-30-22(32)18-7-3-4-8-19(18)23(30)33/h3-4,7-8,15H,2,5-6,9-14,16H2,1H3. The van der Waals surface area contributed by atoms with Gasteiger partial charge in [-0.1, -0.05) is 12.1 Å². The largest absolute Gasteiger partial charge is 0.353 e. The number of piperidine rings is 1. The number of piperazine rings is 1. The number of anilines is 2. The van der Waals surface area contributed by atoms with Gasteiger partial charge >= 0.3 is 0 Å². The molecular formula is C24H28N6O3. The number of benzene rings is 1. The van der Waals surface area contributed by atoms with Crippen LogP contribution in [-0.4, -0.2) is 83.3 Å². The topological polar surface area (TPSA) is 89.9 Å². The van der Waals surface area contributed by atoms with Crippen LogP contribution in [0.2, 0.25) is 0 Å². The molecule has 5 rings (SSSR count). The molecule has 0 spiro atoms. The summed E-state index contributed by atoms with van der Waals surface area (Å²) in [7, 11) is 0. The number of carbonyl (C=O) groups excluding carboxylic acids is 3. The molecule has 0 radical (unpaired) electrons. The number of rotatable bonds is 4. The van der Waals surface area contributed by atoms with Gasteiger partial charge in [-0.05, 0) is 38.3 Å². The Morgan fingerprint density at radius 2 is 1.48 bits per heavy atom. The number of nitrogens with zero attached hydrogens (tertiary/aromatic N) is 6. The van der Waals surface area contributed by atoms with Gasteiger partial charge in [0.15, 0.2) is 0 Å². The maximum atomic E-state index is 12.9. The molecule has 4 heterocycles. The summed E-state index contributed by atoms with van der Waals surface area (Å²) in [5.41, 5.74) is 1.66. The molecule has 9 heteroatoms. The molecule has 3 aliphatic heterocycles. The van der Waals surface area contributed by atoms with E-state index in [0.29, 0.717) is 37.3 Å². The summed E-state index contributed by atoms with van der Waals surface area (Å²) in [6.45, 7) is 6.06. The molecule has 172 valence electrons. The van der Waals surface area contributed by atoms with E-state index in [-0.39, 0.29) is 12.5 Å². The van der Waals surface area contributed by atoms with E-state index in [1.807, 2.05) is 13.0 Å². The molecule has 0 bridgehead atoms. The lowest BCUT2D eigenvalue weighted by Crippen LogP contribution is -2.52. The van der Waals surface area contributed by atoms with Gasteiger partial charge in [-0.2, -0.15) is 4.98 Å². The van der Waals surface area contributed by atoms with Gasteiger partial charge in [0.05, 0.1) is 11.1 Å². The van der Waals surface area contributed by atoms with Crippen molar-refractivity contribution in [2.75, 3.05) is 55.6 Å². The number of hydrogen-bond donors (Lipinski definition) is 0. The molecule has 2 aromatic rings. The molecule has 3 aliphatic rings. The molecule has 0 atom stereocenters. The first-order chi connectivity index (χ1) is 16.0. The van der Waals surface area contributed by atoms with E-state index < -0.39 is 11.8 Å². The van der Waals surface area contributed by atoms with Gasteiger partial charge in [-0.3, -0.25) is 19.3 Å². The molecule has 1 aromatic heterocycles. The van der Waals surface area contributed by atoms with Crippen molar-refractivity contribution in [2.45, 2.75) is 26.2 Å². The Bertz CT molecular complexity index is 1050. The number of imide groups is 1. The fraction of sp³-hybridized carbons (Fsp3) is 0.458. The van der Waals surface area contributed by atoms with Crippen molar-refractivity contribution in [1.82, 2.24) is 19.8 Å². The fourth-order valence-corrected chi connectivity index (χ4v) is 4.74. The Hall–Kier alpha value is -3.49. The average molecular weight is 449 g/mol. The van der Waals surface area contributed by atoms with Crippen LogP contribution in [0.3, 0.4) is 0 Å². The van der Waals surface area contributed by atoms with Crippen molar-refractivity contribution >= 4 is 29.5 Å². The smallest absolute Gasteiger partial charge is 0.262 e. The number of aromatic nitrogens is 2. The molecule has 0 unspecified atom stereocenters. The zero-order valence-electron chi connectivity index (χ0n) is 18.9. The first kappa shape index (κ1) is 21.4. The van der Waals surface area contributed by atoms with Crippen molar-refractivity contribution in [3.8, 4) is 0 Å². The number of fused-ring (bicyclic) bond motifs is 1. The van der Waals surface area contributed by atoms with Crippen LogP contribution < -0.4 is 9.80 Å². The van der Waals surface area contributed by atoms with Crippen molar-refractivity contribution in [1.29, 1.82) is 0 Å². The van der Waals surface area contributed by atoms with Gasteiger partial charge in [-0.15, -0.1) is 0 Å². The molecule has 9 nitrogen and oxygen atoms in total. The van der Waals surface area contributed by atoms with Gasteiger partial charge in [0, 0.05) is 51.0 Å². The van der Waals surface area contributed by atoms with Crippen LogP contribution in [0.5, 0.6) is 0 Å². The predicted molar refractivity (Wildman–Crippen MR) is 123 cm³/mol. The average Bonchev–Trinajstić information content (AvgIpc) is 3.09. The summed E-state index contributed by atoms with van der Waals surface area (Å²) in [6, 6.07) is 8.69. The zero-order chi connectivity index (χ0) is 22.9. The molecular weight excluding hydrogens is 420 g/mol. The zero-order valence-corrected chi connectivity index (χ0v) is 18.9. The normalized spacial score (nSPS) is 18.7. The number of hydrogen-bond acceptors (Lipinski definition) is 7. The van der Waals surface area contributed by atoms with E-state index >= 15 is 0 Å². The van der Waals surface area contributed by atoms with Crippen molar-refractivity contribution in [2.24, 2.45) is 0 Å². The Labute approximate surface area is 193 Å². The second-order valence-electron chi connectivity index (χ2n) is 8.83. The van der Waals surface area contributed by atoms with Crippen LogP contribution in [-0.2, 0) is 4.79 Å². The highest BCUT2D eigenvalue weighted by Crippen LogP contribution is 2.24. The minimum absolute atomic E-state index is 0.211. The third kappa shape index (κ3) is 4.15. The lowest BCUT2D eigenvalue weighted by molar-refractivity contribution is -0.131. The van der Waals surface area contributed by atoms with E-state index in [1.165, 1.54) is 19.3 Å². The first-order valence-corrected chi connectivity index (χ1v) is 11.6. The molecule has 0 saturated carbocycles. The summed E-state index contributed by atoms with van der Waals surface area (Å²) < 4.78 is 0. The molecule has 33 heavy (non-hydrogen) atoms. The molecule has 0 aliphatic carbocycles. The SMILES string of the molecule is Cc1cc(N2CCN(C(=O)CN3C(=O)c4ccccc4C3=O)CC2)nc(N2CCCCC2)n1. The van der Waals surface area contributed by atoms with Crippen molar-refractivity contribution in [3.63, 3.8) is 0 Å². The number of carbonyl (C=O) groups is 3. The van der Waals surface area contributed by atoms with Crippen LogP contribution in [0, 0.1) is 6.92 Å². The summed E-state index contributed by atoms with van der Waals surface area (Å²) >= 11 is 0. The highest BCUT2D eigenvalue weighted by Gasteiger charge is 2.37. The maximum Gasteiger partial charge on any atom is 0.262 e. The Morgan fingerprint density at radius 1 is 0.848 bits per heavy atom. The lowest BCUT2D eigenvalue weighted by Gasteiger charge is -2.36. The summed E-state index contributed by atoms with van der Waals surface area (Å²) in [5, 5.41) is 0. The van der Waals surface area contributed by atoms with Crippen LogP contribution in [0.15, 0.2) is 30.3 Å². The predicted octanol–water partition coefficient (Wildman–Crippen LogP) is 1.72. The monoisotopic (exact) mass is 448 g/mol. The first-order valence-electron chi connectivity index (χ1n) is 11.6. The summed E-state index contributed by atoms with van der Waals surface area (Å²) in [6.07, 6.45) is 3.59. The highest BCUT2D eigenvalue weighted by atomic mass is 16.2. The highest BCUT2D eigenvalue weighted by molar-refractivity contribution is 6.22. The quantitative estimate of drug-likeness (QED) is 0.658. The second-order valence-corrected chi connectivity index (χ2v) is 8.83. The number of amides is 3. The van der Waals surface area contributed by atoms with Crippen LogP contribution in [0.25, 0.3) is 0 Å². The van der Waals surface area contributed by atoms with Crippen LogP contribution in [0.4, 0.5) is 11.8 Å². The molecule has 3 amide bonds. The third-order valence-electron chi connectivity index (χ3n) is 6.60. The van der Waals surface area contributed by atoms with Crippen LogP contribution in [0.1, 0.15) is 45.7 Å². The Kier molecular flexibility index (Phi) is 5.70. The Morgan fingerprint density at radius 3 is 2.12 bits per heavy atom. The number of aryl methyl sites for hydroxylation is 1. The Balaban J connectivity index is 1.21. The molecule has 2 saturated heterocycles. The van der Waals surface area contributed by atoms with E-state index in [2.05, 4.69) is 14.8 Å². The minimum Gasteiger partial charge on any atom is -0.353 e. The molecule has 2 fully saturated rings. The van der Waals surface area contributed by atoms with E-state index in [9.17, 15) is 14.4 Å². The third-order valence-corrected chi connectivity index (χ3v) is 6.60.